The third-order valence-corrected chi connectivity index (χ3v) is 3.69. The van der Waals surface area contributed by atoms with Gasteiger partial charge >= 0.3 is 0 Å². The van der Waals surface area contributed by atoms with Crippen LogP contribution in [0.25, 0.3) is 10.9 Å². The monoisotopic (exact) mass is 214 g/mol. The average molecular weight is 214 g/mol. The van der Waals surface area contributed by atoms with Crippen LogP contribution in [0.5, 0.6) is 0 Å². The zero-order chi connectivity index (χ0) is 11.0. The third kappa shape index (κ3) is 1.63. The maximum atomic E-state index is 3.30. The summed E-state index contributed by atoms with van der Waals surface area (Å²) in [5.74, 6) is 0.707. The van der Waals surface area contributed by atoms with Crippen molar-refractivity contribution >= 4 is 10.9 Å². The summed E-state index contributed by atoms with van der Waals surface area (Å²) in [4.78, 5) is 5.74. The molecule has 1 N–H and O–H groups in total. The zero-order valence-corrected chi connectivity index (χ0v) is 9.74. The summed E-state index contributed by atoms with van der Waals surface area (Å²) < 4.78 is 0. The Morgan fingerprint density at radius 2 is 2.25 bits per heavy atom. The van der Waals surface area contributed by atoms with Crippen molar-refractivity contribution in [3.63, 3.8) is 0 Å². The molecule has 1 fully saturated rings. The number of fused-ring (bicyclic) bond motifs is 1. The average Bonchev–Trinajstić information content (AvgIpc) is 2.76. The topological polar surface area (TPSA) is 19.0 Å². The first-order valence-electron chi connectivity index (χ1n) is 6.09. The highest BCUT2D eigenvalue weighted by Crippen LogP contribution is 2.31. The SMILES string of the molecule is CN1CCC[C@@H](c2cccc3[nH]ccc23)C1. The maximum Gasteiger partial charge on any atom is 0.0456 e. The first-order chi connectivity index (χ1) is 7.84. The van der Waals surface area contributed by atoms with Crippen molar-refractivity contribution in [2.75, 3.05) is 20.1 Å². The number of hydrogen-bond donors (Lipinski definition) is 1. The normalized spacial score (nSPS) is 22.7. The highest BCUT2D eigenvalue weighted by Gasteiger charge is 2.20. The Hall–Kier alpha value is -1.28. The lowest BCUT2D eigenvalue weighted by Gasteiger charge is -2.30. The molecule has 0 radical (unpaired) electrons. The van der Waals surface area contributed by atoms with Gasteiger partial charge in [0.25, 0.3) is 0 Å². The summed E-state index contributed by atoms with van der Waals surface area (Å²) in [6.07, 6.45) is 4.69. The fraction of sp³-hybridized carbons (Fsp3) is 0.429. The van der Waals surface area contributed by atoms with E-state index >= 15 is 0 Å². The van der Waals surface area contributed by atoms with Crippen molar-refractivity contribution in [3.05, 3.63) is 36.0 Å². The molecule has 2 aromatic rings. The number of nitrogens with zero attached hydrogens (tertiary/aromatic N) is 1. The molecule has 1 aromatic heterocycles. The highest BCUT2D eigenvalue weighted by molar-refractivity contribution is 5.83. The van der Waals surface area contributed by atoms with Crippen LogP contribution in [0.4, 0.5) is 0 Å². The summed E-state index contributed by atoms with van der Waals surface area (Å²) >= 11 is 0. The Kier molecular flexibility index (Phi) is 2.44. The first kappa shape index (κ1) is 9.91. The minimum absolute atomic E-state index is 0.707. The Balaban J connectivity index is 2.01. The Morgan fingerprint density at radius 3 is 3.12 bits per heavy atom. The van der Waals surface area contributed by atoms with Crippen LogP contribution in [0.2, 0.25) is 0 Å². The molecule has 1 aromatic carbocycles. The second kappa shape index (κ2) is 3.95. The molecule has 1 aliphatic rings. The van der Waals surface area contributed by atoms with Gasteiger partial charge < -0.3 is 9.88 Å². The molecule has 2 heterocycles. The van der Waals surface area contributed by atoms with Gasteiger partial charge in [0.15, 0.2) is 0 Å². The molecule has 2 nitrogen and oxygen atoms in total. The number of likely N-dealkylation sites (N-methyl/N-ethyl adjacent to an activating group) is 1. The van der Waals surface area contributed by atoms with E-state index in [0.717, 1.165) is 0 Å². The van der Waals surface area contributed by atoms with Crippen molar-refractivity contribution in [1.29, 1.82) is 0 Å². The van der Waals surface area contributed by atoms with Crippen LogP contribution in [0.1, 0.15) is 24.3 Å². The lowest BCUT2D eigenvalue weighted by molar-refractivity contribution is 0.251. The summed E-state index contributed by atoms with van der Waals surface area (Å²) in [6, 6.07) is 8.83. The maximum absolute atomic E-state index is 3.30. The van der Waals surface area contributed by atoms with Crippen LogP contribution in [-0.2, 0) is 0 Å². The van der Waals surface area contributed by atoms with E-state index in [1.165, 1.54) is 42.4 Å². The fourth-order valence-corrected chi connectivity index (χ4v) is 2.89. The number of aromatic nitrogens is 1. The molecule has 0 bridgehead atoms. The van der Waals surface area contributed by atoms with Crippen molar-refractivity contribution < 1.29 is 0 Å². The van der Waals surface area contributed by atoms with E-state index in [1.54, 1.807) is 0 Å². The number of hydrogen-bond acceptors (Lipinski definition) is 1. The van der Waals surface area contributed by atoms with Gasteiger partial charge in [-0.3, -0.25) is 0 Å². The van der Waals surface area contributed by atoms with E-state index in [0.29, 0.717) is 5.92 Å². The first-order valence-corrected chi connectivity index (χ1v) is 6.09. The Morgan fingerprint density at radius 1 is 1.31 bits per heavy atom. The summed E-state index contributed by atoms with van der Waals surface area (Å²) in [5, 5.41) is 1.41. The molecule has 2 heteroatoms. The highest BCUT2D eigenvalue weighted by atomic mass is 15.1. The summed E-state index contributed by atoms with van der Waals surface area (Å²) in [5.41, 5.74) is 2.79. The van der Waals surface area contributed by atoms with Crippen LogP contribution in [-0.4, -0.2) is 30.0 Å². The zero-order valence-electron chi connectivity index (χ0n) is 9.74. The van der Waals surface area contributed by atoms with E-state index in [9.17, 15) is 0 Å². The molecule has 0 amide bonds. The van der Waals surface area contributed by atoms with Crippen molar-refractivity contribution in [1.82, 2.24) is 9.88 Å². The number of aromatic amines is 1. The third-order valence-electron chi connectivity index (χ3n) is 3.69. The van der Waals surface area contributed by atoms with Gasteiger partial charge in [0.2, 0.25) is 0 Å². The molecule has 1 aliphatic heterocycles. The number of likely N-dealkylation sites (tertiary alicyclic amines) is 1. The second-order valence-electron chi connectivity index (χ2n) is 4.89. The minimum atomic E-state index is 0.707. The molecule has 0 aliphatic carbocycles. The molecule has 0 saturated carbocycles. The lowest BCUT2D eigenvalue weighted by Crippen LogP contribution is -2.30. The minimum Gasteiger partial charge on any atom is -0.361 e. The van der Waals surface area contributed by atoms with E-state index < -0.39 is 0 Å². The number of piperidine rings is 1. The van der Waals surface area contributed by atoms with Crippen molar-refractivity contribution in [3.8, 4) is 0 Å². The van der Waals surface area contributed by atoms with Crippen LogP contribution >= 0.6 is 0 Å². The molecule has 1 atom stereocenters. The van der Waals surface area contributed by atoms with Crippen LogP contribution in [0.3, 0.4) is 0 Å². The predicted octanol–water partition coefficient (Wildman–Crippen LogP) is 2.98. The second-order valence-corrected chi connectivity index (χ2v) is 4.89. The summed E-state index contributed by atoms with van der Waals surface area (Å²) in [7, 11) is 2.23. The van der Waals surface area contributed by atoms with Gasteiger partial charge in [-0.2, -0.15) is 0 Å². The van der Waals surface area contributed by atoms with Gasteiger partial charge in [0.05, 0.1) is 0 Å². The van der Waals surface area contributed by atoms with Crippen LogP contribution in [0.15, 0.2) is 30.5 Å². The molecule has 16 heavy (non-hydrogen) atoms. The Labute approximate surface area is 96.3 Å². The molecular weight excluding hydrogens is 196 g/mol. The van der Waals surface area contributed by atoms with Gasteiger partial charge in [-0.05, 0) is 50.0 Å². The standard InChI is InChI=1S/C14H18N2/c1-16-9-3-4-11(10-16)12-5-2-6-14-13(12)7-8-15-14/h2,5-8,11,15H,3-4,9-10H2,1H3/t11-/m1/s1. The Bertz CT molecular complexity index is 486. The molecular formula is C14H18N2. The predicted molar refractivity (Wildman–Crippen MR) is 67.8 cm³/mol. The van der Waals surface area contributed by atoms with Crippen molar-refractivity contribution in [2.45, 2.75) is 18.8 Å². The number of rotatable bonds is 1. The van der Waals surface area contributed by atoms with Gasteiger partial charge in [-0.15, -0.1) is 0 Å². The molecule has 3 rings (SSSR count). The van der Waals surface area contributed by atoms with Gasteiger partial charge in [0.1, 0.15) is 0 Å². The molecule has 0 spiro atoms. The largest absolute Gasteiger partial charge is 0.361 e. The van der Waals surface area contributed by atoms with E-state index in [4.69, 9.17) is 0 Å². The number of H-pyrrole nitrogens is 1. The quantitative estimate of drug-likeness (QED) is 0.773. The van der Waals surface area contributed by atoms with E-state index in [-0.39, 0.29) is 0 Å². The molecule has 0 unspecified atom stereocenters. The smallest absolute Gasteiger partial charge is 0.0456 e. The number of benzene rings is 1. The van der Waals surface area contributed by atoms with E-state index in [1.807, 2.05) is 6.20 Å². The van der Waals surface area contributed by atoms with Gasteiger partial charge in [0, 0.05) is 23.6 Å². The van der Waals surface area contributed by atoms with Gasteiger partial charge in [-0.25, -0.2) is 0 Å². The van der Waals surface area contributed by atoms with Crippen LogP contribution in [0, 0.1) is 0 Å². The lowest BCUT2D eigenvalue weighted by atomic mass is 9.89. The molecule has 1 saturated heterocycles. The van der Waals surface area contributed by atoms with E-state index in [2.05, 4.69) is 41.2 Å². The molecule has 84 valence electrons. The van der Waals surface area contributed by atoms with Gasteiger partial charge in [-0.1, -0.05) is 12.1 Å². The summed E-state index contributed by atoms with van der Waals surface area (Å²) in [6.45, 7) is 2.45. The van der Waals surface area contributed by atoms with Crippen LogP contribution < -0.4 is 0 Å². The fourth-order valence-electron chi connectivity index (χ4n) is 2.89. The number of nitrogens with one attached hydrogen (secondary N) is 1. The van der Waals surface area contributed by atoms with Crippen molar-refractivity contribution in [2.24, 2.45) is 0 Å².